The van der Waals surface area contributed by atoms with Crippen LogP contribution in [-0.4, -0.2) is 35.0 Å². The summed E-state index contributed by atoms with van der Waals surface area (Å²) in [6.07, 6.45) is 1.13. The van der Waals surface area contributed by atoms with Crippen LogP contribution in [0, 0.1) is 19.7 Å². The second-order valence-electron chi connectivity index (χ2n) is 8.17. The van der Waals surface area contributed by atoms with E-state index < -0.39 is 11.7 Å². The van der Waals surface area contributed by atoms with E-state index in [9.17, 15) is 9.18 Å². The van der Waals surface area contributed by atoms with Crippen molar-refractivity contribution in [2.75, 3.05) is 18.6 Å². The highest BCUT2D eigenvalue weighted by Crippen LogP contribution is 2.36. The van der Waals surface area contributed by atoms with Crippen LogP contribution in [0.4, 0.5) is 20.6 Å². The minimum Gasteiger partial charge on any atom is -0.443 e. The summed E-state index contributed by atoms with van der Waals surface area (Å²) in [5, 5.41) is 0. The minimum atomic E-state index is -0.689. The summed E-state index contributed by atoms with van der Waals surface area (Å²) in [5.41, 5.74) is 4.12. The summed E-state index contributed by atoms with van der Waals surface area (Å²) in [7, 11) is 1.65. The second kappa shape index (κ2) is 8.44. The van der Waals surface area contributed by atoms with Crippen LogP contribution in [0.2, 0.25) is 0 Å². The summed E-state index contributed by atoms with van der Waals surface area (Å²) >= 11 is 0. The molecule has 2 aromatic heterocycles. The fraction of sp³-hybridized carbons (Fsp3) is 0.391. The SMILES string of the molecule is COCCn1c(C)c(C)c2nccc(N(C(=O)OC(C)(C)C)c3ccc(F)cc3)c21. The van der Waals surface area contributed by atoms with E-state index in [1.54, 1.807) is 31.5 Å². The van der Waals surface area contributed by atoms with Gasteiger partial charge >= 0.3 is 6.09 Å². The third-order valence-electron chi connectivity index (χ3n) is 4.90. The number of aromatic nitrogens is 2. The largest absolute Gasteiger partial charge is 0.443 e. The van der Waals surface area contributed by atoms with Gasteiger partial charge in [-0.1, -0.05) is 0 Å². The summed E-state index contributed by atoms with van der Waals surface area (Å²) in [4.78, 5) is 19.3. The Morgan fingerprint density at radius 2 is 1.83 bits per heavy atom. The number of carbonyl (C=O) groups is 1. The summed E-state index contributed by atoms with van der Waals surface area (Å²) < 4.78 is 26.6. The van der Waals surface area contributed by atoms with Crippen molar-refractivity contribution in [1.29, 1.82) is 0 Å². The number of rotatable bonds is 5. The molecular weight excluding hydrogens is 385 g/mol. The second-order valence-corrected chi connectivity index (χ2v) is 8.17. The zero-order valence-corrected chi connectivity index (χ0v) is 18.3. The molecule has 0 N–H and O–H groups in total. The number of hydrogen-bond donors (Lipinski definition) is 0. The van der Waals surface area contributed by atoms with Gasteiger partial charge in [0.1, 0.15) is 11.4 Å². The lowest BCUT2D eigenvalue weighted by Gasteiger charge is -2.28. The molecule has 0 spiro atoms. The van der Waals surface area contributed by atoms with E-state index in [0.29, 0.717) is 24.5 Å². The van der Waals surface area contributed by atoms with Gasteiger partial charge in [0.15, 0.2) is 0 Å². The van der Waals surface area contributed by atoms with Crippen LogP contribution in [0.1, 0.15) is 32.0 Å². The Hall–Kier alpha value is -2.93. The van der Waals surface area contributed by atoms with Crippen molar-refractivity contribution >= 4 is 28.5 Å². The highest BCUT2D eigenvalue weighted by atomic mass is 19.1. The van der Waals surface area contributed by atoms with Gasteiger partial charge in [-0.25, -0.2) is 14.1 Å². The molecule has 30 heavy (non-hydrogen) atoms. The number of carbonyl (C=O) groups excluding carboxylic acids is 1. The Morgan fingerprint density at radius 1 is 1.17 bits per heavy atom. The zero-order chi connectivity index (χ0) is 22.1. The molecule has 0 saturated carbocycles. The van der Waals surface area contributed by atoms with Crippen LogP contribution in [-0.2, 0) is 16.0 Å². The van der Waals surface area contributed by atoms with Gasteiger partial charge in [-0.2, -0.15) is 0 Å². The molecule has 1 amide bonds. The quantitative estimate of drug-likeness (QED) is 0.553. The number of anilines is 2. The fourth-order valence-corrected chi connectivity index (χ4v) is 3.41. The van der Waals surface area contributed by atoms with Crippen molar-refractivity contribution in [2.24, 2.45) is 0 Å². The van der Waals surface area contributed by atoms with Gasteiger partial charge in [-0.15, -0.1) is 0 Å². The number of pyridine rings is 1. The Kier molecular flexibility index (Phi) is 6.12. The molecule has 2 heterocycles. The van der Waals surface area contributed by atoms with Crippen molar-refractivity contribution in [2.45, 2.75) is 46.8 Å². The Balaban J connectivity index is 2.26. The molecule has 1 aromatic carbocycles. The van der Waals surface area contributed by atoms with Gasteiger partial charge in [0.05, 0.1) is 29.0 Å². The van der Waals surface area contributed by atoms with Gasteiger partial charge in [0, 0.05) is 25.5 Å². The van der Waals surface area contributed by atoms with Gasteiger partial charge in [-0.05, 0) is 70.5 Å². The Bertz CT molecular complexity index is 1050. The predicted molar refractivity (Wildman–Crippen MR) is 116 cm³/mol. The van der Waals surface area contributed by atoms with Crippen LogP contribution in [0.5, 0.6) is 0 Å². The monoisotopic (exact) mass is 413 g/mol. The molecule has 0 radical (unpaired) electrons. The number of halogens is 1. The number of fused-ring (bicyclic) bond motifs is 1. The number of benzene rings is 1. The number of amides is 1. The van der Waals surface area contributed by atoms with E-state index in [0.717, 1.165) is 22.3 Å². The van der Waals surface area contributed by atoms with Gasteiger partial charge in [0.25, 0.3) is 0 Å². The number of hydrogen-bond acceptors (Lipinski definition) is 4. The van der Waals surface area contributed by atoms with Crippen molar-refractivity contribution in [1.82, 2.24) is 9.55 Å². The third-order valence-corrected chi connectivity index (χ3v) is 4.90. The molecule has 0 bridgehead atoms. The van der Waals surface area contributed by atoms with E-state index in [2.05, 4.69) is 9.55 Å². The van der Waals surface area contributed by atoms with Crippen molar-refractivity contribution in [3.8, 4) is 0 Å². The van der Waals surface area contributed by atoms with Crippen molar-refractivity contribution in [3.63, 3.8) is 0 Å². The number of ether oxygens (including phenoxy) is 2. The fourth-order valence-electron chi connectivity index (χ4n) is 3.41. The average molecular weight is 413 g/mol. The average Bonchev–Trinajstić information content (AvgIpc) is 2.92. The topological polar surface area (TPSA) is 56.6 Å². The molecule has 0 aliphatic heterocycles. The molecular formula is C23H28FN3O3. The van der Waals surface area contributed by atoms with E-state index in [4.69, 9.17) is 9.47 Å². The normalized spacial score (nSPS) is 11.7. The maximum atomic E-state index is 13.6. The van der Waals surface area contributed by atoms with Crippen LogP contribution < -0.4 is 4.90 Å². The van der Waals surface area contributed by atoms with E-state index >= 15 is 0 Å². The molecule has 3 rings (SSSR count). The molecule has 3 aromatic rings. The predicted octanol–water partition coefficient (Wildman–Crippen LogP) is 5.51. The van der Waals surface area contributed by atoms with E-state index in [1.165, 1.54) is 17.0 Å². The maximum Gasteiger partial charge on any atom is 0.419 e. The first kappa shape index (κ1) is 21.8. The highest BCUT2D eigenvalue weighted by molar-refractivity contribution is 6.05. The lowest BCUT2D eigenvalue weighted by molar-refractivity contribution is 0.0599. The molecule has 6 nitrogen and oxygen atoms in total. The van der Waals surface area contributed by atoms with Crippen molar-refractivity contribution < 1.29 is 18.7 Å². The number of nitrogens with zero attached hydrogens (tertiary/aromatic N) is 3. The maximum absolute atomic E-state index is 13.6. The lowest BCUT2D eigenvalue weighted by Crippen LogP contribution is -2.34. The van der Waals surface area contributed by atoms with Crippen LogP contribution >= 0.6 is 0 Å². The summed E-state index contributed by atoms with van der Waals surface area (Å²) in [5.74, 6) is -0.377. The molecule has 0 aliphatic rings. The first-order chi connectivity index (χ1) is 14.1. The summed E-state index contributed by atoms with van der Waals surface area (Å²) in [6, 6.07) is 7.55. The van der Waals surface area contributed by atoms with Crippen LogP contribution in [0.25, 0.3) is 11.0 Å². The first-order valence-corrected chi connectivity index (χ1v) is 9.86. The van der Waals surface area contributed by atoms with Crippen LogP contribution in [0.15, 0.2) is 36.5 Å². The molecule has 7 heteroatoms. The Labute approximate surface area is 176 Å². The van der Waals surface area contributed by atoms with Gasteiger partial charge in [-0.3, -0.25) is 4.98 Å². The van der Waals surface area contributed by atoms with E-state index in [1.807, 2.05) is 34.6 Å². The molecule has 0 unspecified atom stereocenters. The molecule has 160 valence electrons. The molecule has 0 aliphatic carbocycles. The molecule has 0 fully saturated rings. The highest BCUT2D eigenvalue weighted by Gasteiger charge is 2.28. The first-order valence-electron chi connectivity index (χ1n) is 9.86. The minimum absolute atomic E-state index is 0.377. The smallest absolute Gasteiger partial charge is 0.419 e. The zero-order valence-electron chi connectivity index (χ0n) is 18.3. The third kappa shape index (κ3) is 4.31. The summed E-state index contributed by atoms with van der Waals surface area (Å²) in [6.45, 7) is 10.6. The number of aryl methyl sites for hydroxylation is 1. The van der Waals surface area contributed by atoms with Crippen molar-refractivity contribution in [3.05, 3.63) is 53.6 Å². The van der Waals surface area contributed by atoms with Gasteiger partial charge in [0.2, 0.25) is 0 Å². The lowest BCUT2D eigenvalue weighted by atomic mass is 10.2. The number of methoxy groups -OCH3 is 1. The Morgan fingerprint density at radius 3 is 2.43 bits per heavy atom. The van der Waals surface area contributed by atoms with Gasteiger partial charge < -0.3 is 14.0 Å². The molecule has 0 atom stereocenters. The molecule has 0 saturated heterocycles. The van der Waals surface area contributed by atoms with Crippen LogP contribution in [0.3, 0.4) is 0 Å². The standard InChI is InChI=1S/C23H28FN3O3/c1-15-16(2)26(13-14-29-6)21-19(11-12-25-20(15)21)27(22(28)30-23(3,4)5)18-9-7-17(24)8-10-18/h7-12H,13-14H2,1-6H3. The van der Waals surface area contributed by atoms with E-state index in [-0.39, 0.29) is 5.82 Å².